The quantitative estimate of drug-likeness (QED) is 0.564. The normalized spacial score (nSPS) is 11.8. The molecule has 116 valence electrons. The van der Waals surface area contributed by atoms with Gasteiger partial charge in [-0.25, -0.2) is 4.39 Å². The molecule has 0 radical (unpaired) electrons. The molecule has 0 saturated heterocycles. The van der Waals surface area contributed by atoms with Crippen molar-refractivity contribution in [1.82, 2.24) is 0 Å². The molecule has 1 amide bonds. The molecule has 21 heavy (non-hydrogen) atoms. The van der Waals surface area contributed by atoms with E-state index in [9.17, 15) is 14.0 Å². The molecule has 1 rings (SSSR count). The smallest absolute Gasteiger partial charge is 0.322 e. The Morgan fingerprint density at radius 2 is 2.05 bits per heavy atom. The number of nitrogens with one attached hydrogen (secondary N) is 1. The van der Waals surface area contributed by atoms with Crippen LogP contribution in [0, 0.1) is 5.82 Å². The highest BCUT2D eigenvalue weighted by Gasteiger charge is 2.14. The Labute approximate surface area is 127 Å². The largest absolute Gasteiger partial charge is 0.465 e. The first-order valence-electron chi connectivity index (χ1n) is 6.58. The van der Waals surface area contributed by atoms with E-state index < -0.39 is 12.0 Å². The Balaban J connectivity index is 2.19. The van der Waals surface area contributed by atoms with Gasteiger partial charge in [-0.2, -0.15) is 11.8 Å². The van der Waals surface area contributed by atoms with Crippen LogP contribution in [0.2, 0.25) is 0 Å². The van der Waals surface area contributed by atoms with Crippen molar-refractivity contribution in [2.24, 2.45) is 5.73 Å². The summed E-state index contributed by atoms with van der Waals surface area (Å²) in [5, 5.41) is 2.65. The summed E-state index contributed by atoms with van der Waals surface area (Å²) in [4.78, 5) is 22.9. The van der Waals surface area contributed by atoms with E-state index in [0.29, 0.717) is 24.5 Å². The standard InChI is InChI=1S/C14H19FN2O3S/c1-2-20-14(19)12(16)7-8-21-9-13(18)17-11-5-3-10(15)4-6-11/h3-6,12H,2,7-9,16H2,1H3,(H,17,18). The number of carbonyl (C=O) groups is 2. The molecule has 3 N–H and O–H groups in total. The zero-order valence-electron chi connectivity index (χ0n) is 11.8. The van der Waals surface area contributed by atoms with Gasteiger partial charge in [-0.1, -0.05) is 0 Å². The minimum Gasteiger partial charge on any atom is -0.465 e. The number of ether oxygens (including phenoxy) is 1. The van der Waals surface area contributed by atoms with Gasteiger partial charge in [0.25, 0.3) is 0 Å². The fraction of sp³-hybridized carbons (Fsp3) is 0.429. The van der Waals surface area contributed by atoms with E-state index in [1.807, 2.05) is 0 Å². The lowest BCUT2D eigenvalue weighted by Crippen LogP contribution is -2.32. The summed E-state index contributed by atoms with van der Waals surface area (Å²) in [7, 11) is 0. The van der Waals surface area contributed by atoms with E-state index >= 15 is 0 Å². The van der Waals surface area contributed by atoms with Crippen LogP contribution >= 0.6 is 11.8 Å². The zero-order chi connectivity index (χ0) is 15.7. The van der Waals surface area contributed by atoms with Gasteiger partial charge in [-0.05, 0) is 43.4 Å². The number of thioether (sulfide) groups is 1. The second kappa shape index (κ2) is 9.36. The van der Waals surface area contributed by atoms with Crippen LogP contribution in [-0.2, 0) is 14.3 Å². The van der Waals surface area contributed by atoms with Crippen LogP contribution in [0.25, 0.3) is 0 Å². The highest BCUT2D eigenvalue weighted by Crippen LogP contribution is 2.10. The lowest BCUT2D eigenvalue weighted by atomic mass is 10.2. The van der Waals surface area contributed by atoms with Crippen LogP contribution in [0.1, 0.15) is 13.3 Å². The molecular weight excluding hydrogens is 295 g/mol. The van der Waals surface area contributed by atoms with Crippen LogP contribution in [0.4, 0.5) is 10.1 Å². The molecule has 7 heteroatoms. The molecule has 0 heterocycles. The molecular formula is C14H19FN2O3S. The molecule has 0 fully saturated rings. The minimum atomic E-state index is -0.655. The number of hydrogen-bond donors (Lipinski definition) is 2. The van der Waals surface area contributed by atoms with Crippen LogP contribution in [0.3, 0.4) is 0 Å². The molecule has 0 aliphatic heterocycles. The third kappa shape index (κ3) is 7.10. The number of benzene rings is 1. The lowest BCUT2D eigenvalue weighted by Gasteiger charge is -2.10. The Morgan fingerprint density at radius 1 is 1.38 bits per heavy atom. The molecule has 1 aromatic carbocycles. The van der Waals surface area contributed by atoms with Crippen LogP contribution in [0.5, 0.6) is 0 Å². The maximum Gasteiger partial charge on any atom is 0.322 e. The SMILES string of the molecule is CCOC(=O)C(N)CCSCC(=O)Nc1ccc(F)cc1. The van der Waals surface area contributed by atoms with Crippen molar-refractivity contribution < 1.29 is 18.7 Å². The maximum absolute atomic E-state index is 12.7. The van der Waals surface area contributed by atoms with Crippen LogP contribution in [-0.4, -0.2) is 36.0 Å². The van der Waals surface area contributed by atoms with Gasteiger partial charge in [-0.3, -0.25) is 9.59 Å². The van der Waals surface area contributed by atoms with Gasteiger partial charge in [0.2, 0.25) is 5.91 Å². The molecule has 1 aromatic rings. The van der Waals surface area contributed by atoms with Crippen molar-refractivity contribution >= 4 is 29.3 Å². The van der Waals surface area contributed by atoms with Gasteiger partial charge in [-0.15, -0.1) is 0 Å². The lowest BCUT2D eigenvalue weighted by molar-refractivity contribution is -0.144. The first kappa shape index (κ1) is 17.5. The Hall–Kier alpha value is -1.60. The van der Waals surface area contributed by atoms with E-state index in [4.69, 9.17) is 10.5 Å². The first-order valence-corrected chi connectivity index (χ1v) is 7.73. The summed E-state index contributed by atoms with van der Waals surface area (Å²) in [6.45, 7) is 2.03. The van der Waals surface area contributed by atoms with E-state index in [1.54, 1.807) is 6.92 Å². The van der Waals surface area contributed by atoms with Crippen molar-refractivity contribution in [2.75, 3.05) is 23.4 Å². The van der Waals surface area contributed by atoms with Crippen molar-refractivity contribution in [1.29, 1.82) is 0 Å². The second-order valence-corrected chi connectivity index (χ2v) is 5.36. The van der Waals surface area contributed by atoms with Gasteiger partial charge in [0.15, 0.2) is 0 Å². The van der Waals surface area contributed by atoms with Crippen molar-refractivity contribution in [3.63, 3.8) is 0 Å². The van der Waals surface area contributed by atoms with Crippen molar-refractivity contribution in [3.05, 3.63) is 30.1 Å². The van der Waals surface area contributed by atoms with Gasteiger partial charge in [0.05, 0.1) is 12.4 Å². The average Bonchev–Trinajstić information content (AvgIpc) is 2.46. The summed E-state index contributed by atoms with van der Waals surface area (Å²) in [6.07, 6.45) is 0.452. The summed E-state index contributed by atoms with van der Waals surface area (Å²) in [6, 6.07) is 4.89. The Kier molecular flexibility index (Phi) is 7.78. The number of amides is 1. The van der Waals surface area contributed by atoms with E-state index in [0.717, 1.165) is 0 Å². The summed E-state index contributed by atoms with van der Waals surface area (Å²) < 4.78 is 17.5. The number of hydrogen-bond acceptors (Lipinski definition) is 5. The number of carbonyl (C=O) groups excluding carboxylic acids is 2. The van der Waals surface area contributed by atoms with Crippen LogP contribution in [0.15, 0.2) is 24.3 Å². The fourth-order valence-corrected chi connectivity index (χ4v) is 2.30. The van der Waals surface area contributed by atoms with Gasteiger partial charge in [0, 0.05) is 5.69 Å². The number of halogens is 1. The highest BCUT2D eigenvalue weighted by atomic mass is 32.2. The monoisotopic (exact) mass is 314 g/mol. The Morgan fingerprint density at radius 3 is 2.67 bits per heavy atom. The molecule has 0 spiro atoms. The van der Waals surface area contributed by atoms with E-state index in [-0.39, 0.29) is 17.5 Å². The Bertz CT molecular complexity index is 468. The van der Waals surface area contributed by atoms with E-state index in [2.05, 4.69) is 5.32 Å². The second-order valence-electron chi connectivity index (χ2n) is 4.25. The molecule has 0 aliphatic rings. The highest BCUT2D eigenvalue weighted by molar-refractivity contribution is 7.99. The predicted octanol–water partition coefficient (Wildman–Crippen LogP) is 1.78. The molecule has 0 aliphatic carbocycles. The van der Waals surface area contributed by atoms with Crippen LogP contribution < -0.4 is 11.1 Å². The topological polar surface area (TPSA) is 81.4 Å². The third-order valence-corrected chi connectivity index (χ3v) is 3.51. The molecule has 0 saturated carbocycles. The molecule has 0 bridgehead atoms. The third-order valence-electron chi connectivity index (χ3n) is 2.52. The molecule has 0 aromatic heterocycles. The summed E-state index contributed by atoms with van der Waals surface area (Å²) in [5.41, 5.74) is 6.18. The van der Waals surface area contributed by atoms with Gasteiger partial charge < -0.3 is 15.8 Å². The molecule has 1 atom stereocenters. The van der Waals surface area contributed by atoms with E-state index in [1.165, 1.54) is 36.0 Å². The first-order chi connectivity index (χ1) is 10.0. The van der Waals surface area contributed by atoms with Crippen molar-refractivity contribution in [2.45, 2.75) is 19.4 Å². The molecule has 5 nitrogen and oxygen atoms in total. The number of esters is 1. The summed E-state index contributed by atoms with van der Waals surface area (Å²) >= 11 is 1.37. The maximum atomic E-state index is 12.7. The van der Waals surface area contributed by atoms with Gasteiger partial charge >= 0.3 is 5.97 Å². The summed E-state index contributed by atoms with van der Waals surface area (Å²) in [5.74, 6) is -0.135. The number of rotatable bonds is 8. The predicted molar refractivity (Wildman–Crippen MR) is 81.6 cm³/mol. The van der Waals surface area contributed by atoms with Crippen molar-refractivity contribution in [3.8, 4) is 0 Å². The minimum absolute atomic E-state index is 0.184. The number of anilines is 1. The average molecular weight is 314 g/mol. The van der Waals surface area contributed by atoms with Gasteiger partial charge in [0.1, 0.15) is 11.9 Å². The fourth-order valence-electron chi connectivity index (χ4n) is 1.47. The molecule has 1 unspecified atom stereocenters. The zero-order valence-corrected chi connectivity index (χ0v) is 12.6. The number of nitrogens with two attached hydrogens (primary N) is 1.